The van der Waals surface area contributed by atoms with Gasteiger partial charge in [0.15, 0.2) is 6.10 Å². The number of anilines is 1. The van der Waals surface area contributed by atoms with E-state index in [1.165, 1.54) is 14.0 Å². The summed E-state index contributed by atoms with van der Waals surface area (Å²) in [6.07, 6.45) is -0.898. The lowest BCUT2D eigenvalue weighted by molar-refractivity contribution is -0.152. The highest BCUT2D eigenvalue weighted by atomic mass is 35.5. The maximum atomic E-state index is 12.1. The predicted octanol–water partition coefficient (Wildman–Crippen LogP) is 3.46. The van der Waals surface area contributed by atoms with Gasteiger partial charge in [-0.15, -0.1) is 0 Å². The normalized spacial score (nSPS) is 11.5. The Bertz CT molecular complexity index is 732. The van der Waals surface area contributed by atoms with Crippen LogP contribution in [-0.4, -0.2) is 25.1 Å². The molecule has 0 fully saturated rings. The van der Waals surface area contributed by atoms with Gasteiger partial charge in [0.05, 0.1) is 13.5 Å². The van der Waals surface area contributed by atoms with Crippen LogP contribution in [0.5, 0.6) is 5.75 Å². The van der Waals surface area contributed by atoms with E-state index in [2.05, 4.69) is 5.32 Å². The Morgan fingerprint density at radius 1 is 1.17 bits per heavy atom. The van der Waals surface area contributed by atoms with Gasteiger partial charge in [-0.25, -0.2) is 0 Å². The van der Waals surface area contributed by atoms with Gasteiger partial charge in [-0.1, -0.05) is 35.9 Å². The minimum Gasteiger partial charge on any atom is -0.496 e. The molecule has 0 saturated carbocycles. The molecule has 2 aromatic rings. The Morgan fingerprint density at radius 2 is 1.92 bits per heavy atom. The van der Waals surface area contributed by atoms with Crippen LogP contribution < -0.4 is 10.1 Å². The third kappa shape index (κ3) is 4.99. The van der Waals surface area contributed by atoms with E-state index in [0.717, 1.165) is 0 Å². The van der Waals surface area contributed by atoms with Gasteiger partial charge < -0.3 is 14.8 Å². The predicted molar refractivity (Wildman–Crippen MR) is 92.3 cm³/mol. The fourth-order valence-corrected chi connectivity index (χ4v) is 2.30. The summed E-state index contributed by atoms with van der Waals surface area (Å²) in [5.41, 5.74) is 1.24. The van der Waals surface area contributed by atoms with Gasteiger partial charge in [0.2, 0.25) is 0 Å². The number of hydrogen-bond acceptors (Lipinski definition) is 4. The molecular formula is C18H18ClNO4. The van der Waals surface area contributed by atoms with E-state index >= 15 is 0 Å². The number of hydrogen-bond donors (Lipinski definition) is 1. The topological polar surface area (TPSA) is 64.6 Å². The molecule has 1 amide bonds. The average molecular weight is 348 g/mol. The summed E-state index contributed by atoms with van der Waals surface area (Å²) < 4.78 is 10.4. The number of halogens is 1. The number of methoxy groups -OCH3 is 1. The molecule has 2 rings (SSSR count). The number of para-hydroxylation sites is 1. The number of benzene rings is 2. The second-order valence-corrected chi connectivity index (χ2v) is 5.56. The number of carbonyl (C=O) groups is 2. The highest BCUT2D eigenvalue weighted by Gasteiger charge is 2.19. The zero-order chi connectivity index (χ0) is 17.5. The van der Waals surface area contributed by atoms with E-state index in [4.69, 9.17) is 21.1 Å². The molecule has 0 aliphatic carbocycles. The Kier molecular flexibility index (Phi) is 6.21. The van der Waals surface area contributed by atoms with Crippen molar-refractivity contribution in [3.63, 3.8) is 0 Å². The molecular weight excluding hydrogens is 330 g/mol. The third-order valence-corrected chi connectivity index (χ3v) is 3.53. The van der Waals surface area contributed by atoms with Crippen LogP contribution in [0, 0.1) is 0 Å². The fourth-order valence-electron chi connectivity index (χ4n) is 2.11. The molecule has 1 N–H and O–H groups in total. The lowest BCUT2D eigenvalue weighted by atomic mass is 10.1. The van der Waals surface area contributed by atoms with Gasteiger partial charge in [-0.3, -0.25) is 9.59 Å². The quantitative estimate of drug-likeness (QED) is 0.813. The summed E-state index contributed by atoms with van der Waals surface area (Å²) in [6.45, 7) is 1.51. The third-order valence-electron chi connectivity index (χ3n) is 3.30. The highest BCUT2D eigenvalue weighted by Crippen LogP contribution is 2.19. The molecule has 2 aromatic carbocycles. The minimum absolute atomic E-state index is 0.0266. The van der Waals surface area contributed by atoms with Gasteiger partial charge in [0, 0.05) is 16.3 Å². The van der Waals surface area contributed by atoms with Crippen molar-refractivity contribution in [3.05, 3.63) is 59.1 Å². The molecule has 5 nitrogen and oxygen atoms in total. The summed E-state index contributed by atoms with van der Waals surface area (Å²) >= 11 is 5.86. The monoisotopic (exact) mass is 347 g/mol. The number of ether oxygens (including phenoxy) is 2. The minimum atomic E-state index is -0.925. The molecule has 0 aliphatic heterocycles. The lowest BCUT2D eigenvalue weighted by Gasteiger charge is -2.14. The number of rotatable bonds is 6. The van der Waals surface area contributed by atoms with Crippen molar-refractivity contribution < 1.29 is 19.1 Å². The average Bonchev–Trinajstić information content (AvgIpc) is 2.55. The summed E-state index contributed by atoms with van der Waals surface area (Å²) in [4.78, 5) is 24.1. The standard InChI is InChI=1S/C18H18ClNO4/c1-12(18(22)20-15-8-5-7-14(19)11-15)24-17(21)10-13-6-3-4-9-16(13)23-2/h3-9,11-12H,10H2,1-2H3,(H,20,22)/t12-/m1/s1. The lowest BCUT2D eigenvalue weighted by Crippen LogP contribution is -2.30. The first-order chi connectivity index (χ1) is 11.5. The molecule has 0 bridgehead atoms. The van der Waals surface area contributed by atoms with Gasteiger partial charge in [-0.2, -0.15) is 0 Å². The zero-order valence-electron chi connectivity index (χ0n) is 13.4. The van der Waals surface area contributed by atoms with E-state index < -0.39 is 18.0 Å². The number of amides is 1. The molecule has 0 aromatic heterocycles. The molecule has 0 spiro atoms. The van der Waals surface area contributed by atoms with E-state index in [1.807, 2.05) is 6.07 Å². The fraction of sp³-hybridized carbons (Fsp3) is 0.222. The second kappa shape index (κ2) is 8.36. The summed E-state index contributed by atoms with van der Waals surface area (Å²) in [6, 6.07) is 13.9. The van der Waals surface area contributed by atoms with Crippen LogP contribution in [0.1, 0.15) is 12.5 Å². The van der Waals surface area contributed by atoms with Crippen LogP contribution in [0.15, 0.2) is 48.5 Å². The molecule has 1 atom stereocenters. The Balaban J connectivity index is 1.92. The molecule has 126 valence electrons. The first-order valence-corrected chi connectivity index (χ1v) is 7.75. The van der Waals surface area contributed by atoms with Crippen molar-refractivity contribution in [2.75, 3.05) is 12.4 Å². The highest BCUT2D eigenvalue weighted by molar-refractivity contribution is 6.30. The zero-order valence-corrected chi connectivity index (χ0v) is 14.2. The summed E-state index contributed by atoms with van der Waals surface area (Å²) in [5, 5.41) is 3.16. The smallest absolute Gasteiger partial charge is 0.311 e. The van der Waals surface area contributed by atoms with Crippen molar-refractivity contribution in [1.82, 2.24) is 0 Å². The molecule has 0 saturated heterocycles. The maximum Gasteiger partial charge on any atom is 0.311 e. The van der Waals surface area contributed by atoms with Gasteiger partial charge >= 0.3 is 5.97 Å². The van der Waals surface area contributed by atoms with Gasteiger partial charge in [0.1, 0.15) is 5.75 Å². The molecule has 0 unspecified atom stereocenters. The second-order valence-electron chi connectivity index (χ2n) is 5.12. The van der Waals surface area contributed by atoms with Crippen molar-refractivity contribution in [3.8, 4) is 5.75 Å². The first-order valence-electron chi connectivity index (χ1n) is 7.37. The van der Waals surface area contributed by atoms with Crippen LogP contribution in [0.3, 0.4) is 0 Å². The van der Waals surface area contributed by atoms with Crippen LogP contribution in [0.25, 0.3) is 0 Å². The number of carbonyl (C=O) groups excluding carboxylic acids is 2. The molecule has 0 aliphatic rings. The molecule has 6 heteroatoms. The van der Waals surface area contributed by atoms with Crippen molar-refractivity contribution in [2.24, 2.45) is 0 Å². The Hall–Kier alpha value is -2.53. The van der Waals surface area contributed by atoms with Crippen LogP contribution >= 0.6 is 11.6 Å². The van der Waals surface area contributed by atoms with E-state index in [0.29, 0.717) is 22.0 Å². The van der Waals surface area contributed by atoms with Crippen molar-refractivity contribution in [2.45, 2.75) is 19.4 Å². The Morgan fingerprint density at radius 3 is 2.62 bits per heavy atom. The SMILES string of the molecule is COc1ccccc1CC(=O)O[C@H](C)C(=O)Nc1cccc(Cl)c1. The van der Waals surface area contributed by atoms with E-state index in [-0.39, 0.29) is 6.42 Å². The maximum absolute atomic E-state index is 12.1. The van der Waals surface area contributed by atoms with Crippen LogP contribution in [-0.2, 0) is 20.7 Å². The van der Waals surface area contributed by atoms with Gasteiger partial charge in [-0.05, 0) is 31.2 Å². The summed E-state index contributed by atoms with van der Waals surface area (Å²) in [7, 11) is 1.53. The van der Waals surface area contributed by atoms with E-state index in [1.54, 1.807) is 42.5 Å². The molecule has 24 heavy (non-hydrogen) atoms. The molecule has 0 radical (unpaired) electrons. The number of nitrogens with one attached hydrogen (secondary N) is 1. The van der Waals surface area contributed by atoms with Crippen molar-refractivity contribution in [1.29, 1.82) is 0 Å². The van der Waals surface area contributed by atoms with Crippen LogP contribution in [0.2, 0.25) is 5.02 Å². The largest absolute Gasteiger partial charge is 0.496 e. The van der Waals surface area contributed by atoms with Gasteiger partial charge in [0.25, 0.3) is 5.91 Å². The Labute approximate surface area is 145 Å². The first kappa shape index (κ1) is 17.8. The summed E-state index contributed by atoms with van der Waals surface area (Å²) in [5.74, 6) is -0.329. The molecule has 0 heterocycles. The van der Waals surface area contributed by atoms with Crippen LogP contribution in [0.4, 0.5) is 5.69 Å². The number of esters is 1. The van der Waals surface area contributed by atoms with Crippen molar-refractivity contribution >= 4 is 29.2 Å². The van der Waals surface area contributed by atoms with E-state index in [9.17, 15) is 9.59 Å².